The van der Waals surface area contributed by atoms with Crippen LogP contribution in [0.2, 0.25) is 0 Å². The van der Waals surface area contributed by atoms with Crippen molar-refractivity contribution in [3.63, 3.8) is 0 Å². The van der Waals surface area contributed by atoms with Gasteiger partial charge in [-0.1, -0.05) is 6.07 Å². The van der Waals surface area contributed by atoms with Crippen molar-refractivity contribution in [2.75, 3.05) is 32.1 Å². The first kappa shape index (κ1) is 12.3. The van der Waals surface area contributed by atoms with Crippen LogP contribution in [0.3, 0.4) is 0 Å². The first-order chi connectivity index (χ1) is 8.28. The summed E-state index contributed by atoms with van der Waals surface area (Å²) in [5.41, 5.74) is 1.26. The number of pyridine rings is 1. The average molecular weight is 235 g/mol. The standard InChI is InChI=1S/C13H21N3O/c1-11-9-16(6-3-7-17-11)10-12-4-5-13(14-2)15-8-12/h4-5,8,11H,3,6-7,9-10H2,1-2H3,(H,14,15). The number of rotatable bonds is 3. The average Bonchev–Trinajstić information content (AvgIpc) is 2.55. The van der Waals surface area contributed by atoms with Gasteiger partial charge in [0.1, 0.15) is 5.82 Å². The van der Waals surface area contributed by atoms with E-state index < -0.39 is 0 Å². The molecule has 2 rings (SSSR count). The third-order valence-electron chi connectivity index (χ3n) is 3.02. The highest BCUT2D eigenvalue weighted by Gasteiger charge is 2.14. The van der Waals surface area contributed by atoms with E-state index >= 15 is 0 Å². The molecule has 1 fully saturated rings. The van der Waals surface area contributed by atoms with Crippen LogP contribution in [0.25, 0.3) is 0 Å². The molecule has 0 aromatic carbocycles. The molecule has 1 N–H and O–H groups in total. The highest BCUT2D eigenvalue weighted by atomic mass is 16.5. The number of ether oxygens (including phenoxy) is 1. The minimum absolute atomic E-state index is 0.335. The van der Waals surface area contributed by atoms with Gasteiger partial charge in [-0.25, -0.2) is 4.98 Å². The van der Waals surface area contributed by atoms with Gasteiger partial charge in [-0.05, 0) is 25.0 Å². The Balaban J connectivity index is 1.94. The van der Waals surface area contributed by atoms with E-state index in [9.17, 15) is 0 Å². The van der Waals surface area contributed by atoms with Gasteiger partial charge in [-0.15, -0.1) is 0 Å². The Hall–Kier alpha value is -1.13. The third kappa shape index (κ3) is 3.68. The molecule has 0 radical (unpaired) electrons. The number of anilines is 1. The van der Waals surface area contributed by atoms with Gasteiger partial charge >= 0.3 is 0 Å². The van der Waals surface area contributed by atoms with Crippen LogP contribution in [0.5, 0.6) is 0 Å². The fraction of sp³-hybridized carbons (Fsp3) is 0.615. The van der Waals surface area contributed by atoms with Crippen molar-refractivity contribution in [1.82, 2.24) is 9.88 Å². The van der Waals surface area contributed by atoms with Crippen LogP contribution in [0.4, 0.5) is 5.82 Å². The molecule has 17 heavy (non-hydrogen) atoms. The van der Waals surface area contributed by atoms with Gasteiger partial charge in [0.25, 0.3) is 0 Å². The normalized spacial score (nSPS) is 22.1. The third-order valence-corrected chi connectivity index (χ3v) is 3.02. The maximum atomic E-state index is 5.64. The van der Waals surface area contributed by atoms with Crippen molar-refractivity contribution in [1.29, 1.82) is 0 Å². The summed E-state index contributed by atoms with van der Waals surface area (Å²) in [6, 6.07) is 4.16. The van der Waals surface area contributed by atoms with Gasteiger partial charge in [0.2, 0.25) is 0 Å². The zero-order valence-electron chi connectivity index (χ0n) is 10.6. The smallest absolute Gasteiger partial charge is 0.125 e. The molecule has 4 nitrogen and oxygen atoms in total. The van der Waals surface area contributed by atoms with E-state index in [2.05, 4.69) is 28.2 Å². The van der Waals surface area contributed by atoms with Gasteiger partial charge in [0, 0.05) is 39.5 Å². The van der Waals surface area contributed by atoms with Crippen LogP contribution in [0, 0.1) is 0 Å². The number of aromatic nitrogens is 1. The van der Waals surface area contributed by atoms with E-state index in [0.717, 1.165) is 38.5 Å². The summed E-state index contributed by atoms with van der Waals surface area (Å²) >= 11 is 0. The van der Waals surface area contributed by atoms with Crippen molar-refractivity contribution >= 4 is 5.82 Å². The number of nitrogens with zero attached hydrogens (tertiary/aromatic N) is 2. The molecule has 1 aromatic rings. The molecule has 1 unspecified atom stereocenters. The molecule has 1 aliphatic heterocycles. The second kappa shape index (κ2) is 5.98. The number of hydrogen-bond donors (Lipinski definition) is 1. The zero-order valence-corrected chi connectivity index (χ0v) is 10.6. The lowest BCUT2D eigenvalue weighted by Crippen LogP contribution is -2.29. The Kier molecular flexibility index (Phi) is 4.34. The Morgan fingerprint density at radius 2 is 2.41 bits per heavy atom. The summed E-state index contributed by atoms with van der Waals surface area (Å²) in [7, 11) is 1.88. The predicted octanol–water partition coefficient (Wildman–Crippen LogP) is 1.73. The SMILES string of the molecule is CNc1ccc(CN2CCCOC(C)C2)cn1. The van der Waals surface area contributed by atoms with E-state index in [1.54, 1.807) is 0 Å². The van der Waals surface area contributed by atoms with E-state index in [1.807, 2.05) is 19.3 Å². The summed E-state index contributed by atoms with van der Waals surface area (Å²) in [6.45, 7) is 6.10. The molecule has 1 atom stereocenters. The molecule has 0 aliphatic carbocycles. The fourth-order valence-corrected chi connectivity index (χ4v) is 2.15. The molecule has 2 heterocycles. The minimum atomic E-state index is 0.335. The van der Waals surface area contributed by atoms with Gasteiger partial charge in [0.15, 0.2) is 0 Å². The van der Waals surface area contributed by atoms with Gasteiger partial charge in [-0.2, -0.15) is 0 Å². The van der Waals surface area contributed by atoms with E-state index in [0.29, 0.717) is 6.10 Å². The number of hydrogen-bond acceptors (Lipinski definition) is 4. The first-order valence-corrected chi connectivity index (χ1v) is 6.24. The van der Waals surface area contributed by atoms with Crippen LogP contribution in [-0.4, -0.2) is 42.7 Å². The summed E-state index contributed by atoms with van der Waals surface area (Å²) in [5.74, 6) is 0.918. The summed E-state index contributed by atoms with van der Waals surface area (Å²) in [5, 5.41) is 3.03. The number of nitrogens with one attached hydrogen (secondary N) is 1. The van der Waals surface area contributed by atoms with Gasteiger partial charge in [0.05, 0.1) is 6.10 Å². The summed E-state index contributed by atoms with van der Waals surface area (Å²) < 4.78 is 5.64. The Bertz CT molecular complexity index is 339. The Morgan fingerprint density at radius 3 is 3.12 bits per heavy atom. The largest absolute Gasteiger partial charge is 0.377 e. The maximum absolute atomic E-state index is 5.64. The molecule has 1 aromatic heterocycles. The lowest BCUT2D eigenvalue weighted by molar-refractivity contribution is 0.0668. The molecule has 4 heteroatoms. The highest BCUT2D eigenvalue weighted by molar-refractivity contribution is 5.34. The molecular weight excluding hydrogens is 214 g/mol. The molecule has 94 valence electrons. The van der Waals surface area contributed by atoms with Crippen LogP contribution >= 0.6 is 0 Å². The van der Waals surface area contributed by atoms with Crippen molar-refractivity contribution < 1.29 is 4.74 Å². The second-order valence-electron chi connectivity index (χ2n) is 4.57. The fourth-order valence-electron chi connectivity index (χ4n) is 2.15. The molecule has 0 saturated carbocycles. The van der Waals surface area contributed by atoms with Gasteiger partial charge < -0.3 is 10.1 Å². The van der Waals surface area contributed by atoms with Crippen LogP contribution < -0.4 is 5.32 Å². The van der Waals surface area contributed by atoms with Crippen LogP contribution in [0.15, 0.2) is 18.3 Å². The van der Waals surface area contributed by atoms with Crippen molar-refractivity contribution in [3.05, 3.63) is 23.9 Å². The van der Waals surface area contributed by atoms with E-state index in [1.165, 1.54) is 5.56 Å². The lowest BCUT2D eigenvalue weighted by Gasteiger charge is -2.21. The quantitative estimate of drug-likeness (QED) is 0.866. The minimum Gasteiger partial charge on any atom is -0.377 e. The Morgan fingerprint density at radius 1 is 1.53 bits per heavy atom. The molecule has 0 spiro atoms. The molecule has 0 bridgehead atoms. The van der Waals surface area contributed by atoms with Crippen molar-refractivity contribution in [3.8, 4) is 0 Å². The van der Waals surface area contributed by atoms with Crippen molar-refractivity contribution in [2.24, 2.45) is 0 Å². The van der Waals surface area contributed by atoms with E-state index in [4.69, 9.17) is 4.74 Å². The molecular formula is C13H21N3O. The Labute approximate surface area is 103 Å². The van der Waals surface area contributed by atoms with E-state index in [-0.39, 0.29) is 0 Å². The first-order valence-electron chi connectivity index (χ1n) is 6.24. The van der Waals surface area contributed by atoms with Gasteiger partial charge in [-0.3, -0.25) is 4.90 Å². The molecule has 1 saturated heterocycles. The highest BCUT2D eigenvalue weighted by Crippen LogP contribution is 2.11. The van der Waals surface area contributed by atoms with Crippen LogP contribution in [0.1, 0.15) is 18.9 Å². The van der Waals surface area contributed by atoms with Crippen LogP contribution in [-0.2, 0) is 11.3 Å². The van der Waals surface area contributed by atoms with Crippen molar-refractivity contribution in [2.45, 2.75) is 26.0 Å². The molecule has 0 amide bonds. The second-order valence-corrected chi connectivity index (χ2v) is 4.57. The zero-order chi connectivity index (χ0) is 12.1. The monoisotopic (exact) mass is 235 g/mol. The topological polar surface area (TPSA) is 37.4 Å². The lowest BCUT2D eigenvalue weighted by atomic mass is 10.2. The predicted molar refractivity (Wildman–Crippen MR) is 69.1 cm³/mol. The summed E-state index contributed by atoms with van der Waals surface area (Å²) in [4.78, 5) is 6.77. The summed E-state index contributed by atoms with van der Waals surface area (Å²) in [6.07, 6.45) is 3.40. The maximum Gasteiger partial charge on any atom is 0.125 e. The molecule has 1 aliphatic rings.